The van der Waals surface area contributed by atoms with E-state index in [9.17, 15) is 8.42 Å². The molecule has 0 spiro atoms. The van der Waals surface area contributed by atoms with Crippen LogP contribution in [0.4, 0.5) is 0 Å². The molecule has 1 heterocycles. The number of rotatable bonds is 8. The number of sulfonamides is 1. The Kier molecular flexibility index (Phi) is 6.42. The first-order valence-electron chi connectivity index (χ1n) is 9.51. The van der Waals surface area contributed by atoms with E-state index < -0.39 is 10.0 Å². The Morgan fingerprint density at radius 3 is 2.55 bits per heavy atom. The molecule has 0 saturated heterocycles. The molecule has 0 saturated carbocycles. The summed E-state index contributed by atoms with van der Waals surface area (Å²) in [6, 6.07) is 14.9. The summed E-state index contributed by atoms with van der Waals surface area (Å²) in [6.07, 6.45) is 5.54. The van der Waals surface area contributed by atoms with Gasteiger partial charge in [0, 0.05) is 17.7 Å². The predicted octanol–water partition coefficient (Wildman–Crippen LogP) is 3.57. The average molecular weight is 416 g/mol. The molecule has 0 aliphatic carbocycles. The van der Waals surface area contributed by atoms with Crippen molar-refractivity contribution in [3.63, 3.8) is 0 Å². The van der Waals surface area contributed by atoms with Gasteiger partial charge >= 0.3 is 10.0 Å². The second kappa shape index (κ2) is 8.82. The van der Waals surface area contributed by atoms with Crippen LogP contribution in [0.5, 0.6) is 17.2 Å². The highest BCUT2D eigenvalue weighted by Gasteiger charge is 2.40. The van der Waals surface area contributed by atoms with Gasteiger partial charge in [-0.05, 0) is 37.3 Å². The van der Waals surface area contributed by atoms with Crippen molar-refractivity contribution in [3.8, 4) is 17.2 Å². The largest absolute Gasteiger partial charge is 0.493 e. The third-order valence-electron chi connectivity index (χ3n) is 4.95. The van der Waals surface area contributed by atoms with Crippen molar-refractivity contribution in [2.24, 2.45) is 5.73 Å². The van der Waals surface area contributed by atoms with Crippen LogP contribution in [0.2, 0.25) is 0 Å². The molecule has 1 aliphatic rings. The summed E-state index contributed by atoms with van der Waals surface area (Å²) in [5.74, 6) is 1.90. The van der Waals surface area contributed by atoms with E-state index in [4.69, 9.17) is 15.2 Å². The lowest BCUT2D eigenvalue weighted by molar-refractivity contribution is -0.760. The maximum atomic E-state index is 13.0. The second-order valence-electron chi connectivity index (χ2n) is 6.87. The van der Waals surface area contributed by atoms with Crippen molar-refractivity contribution in [2.75, 3.05) is 26.0 Å². The summed E-state index contributed by atoms with van der Waals surface area (Å²) in [6.45, 7) is 2.64. The van der Waals surface area contributed by atoms with E-state index in [0.29, 0.717) is 36.9 Å². The average Bonchev–Trinajstić information content (AvgIpc) is 2.74. The number of nitrogens with two attached hydrogens (primary N) is 1. The van der Waals surface area contributed by atoms with Crippen molar-refractivity contribution in [3.05, 3.63) is 78.0 Å². The van der Waals surface area contributed by atoms with Crippen LogP contribution in [-0.4, -0.2) is 38.3 Å². The molecule has 3 rings (SSSR count). The van der Waals surface area contributed by atoms with Gasteiger partial charge in [0.25, 0.3) is 0 Å². The number of methoxy groups -OCH3 is 1. The minimum Gasteiger partial charge on any atom is -0.493 e. The lowest BCUT2D eigenvalue weighted by Crippen LogP contribution is -2.49. The molecule has 2 aromatic carbocycles. The zero-order chi connectivity index (χ0) is 20.9. The fourth-order valence-electron chi connectivity index (χ4n) is 3.41. The van der Waals surface area contributed by atoms with Gasteiger partial charge in [0.15, 0.2) is 11.5 Å². The molecule has 0 radical (unpaired) electrons. The first kappa shape index (κ1) is 21.1. The molecule has 6 nitrogen and oxygen atoms in total. The molecule has 0 fully saturated rings. The van der Waals surface area contributed by atoms with Crippen molar-refractivity contribution in [1.29, 1.82) is 0 Å². The monoisotopic (exact) mass is 415 g/mol. The fraction of sp³-hybridized carbons (Fsp3) is 0.273. The number of benzene rings is 2. The summed E-state index contributed by atoms with van der Waals surface area (Å²) in [5, 5.41) is 0. The smallest absolute Gasteiger partial charge is 0.301 e. The molecule has 0 aromatic heterocycles. The van der Waals surface area contributed by atoms with E-state index in [-0.39, 0.29) is 9.64 Å². The fourth-order valence-corrected chi connectivity index (χ4v) is 4.88. The number of para-hydroxylation sites is 2. The Labute approximate surface area is 172 Å². The van der Waals surface area contributed by atoms with Gasteiger partial charge in [-0.1, -0.05) is 30.3 Å². The minimum absolute atomic E-state index is 0.0482. The molecule has 1 aliphatic heterocycles. The molecule has 29 heavy (non-hydrogen) atoms. The quantitative estimate of drug-likeness (QED) is 0.667. The highest BCUT2D eigenvalue weighted by molar-refractivity contribution is 7.85. The highest BCUT2D eigenvalue weighted by Crippen LogP contribution is 2.33. The molecule has 0 bridgehead atoms. The molecule has 1 unspecified atom stereocenters. The zero-order valence-electron chi connectivity index (χ0n) is 16.7. The minimum atomic E-state index is -3.41. The van der Waals surface area contributed by atoms with Crippen LogP contribution in [0.3, 0.4) is 0 Å². The first-order chi connectivity index (χ1) is 13.9. The number of ether oxygens (including phenoxy) is 2. The standard InChI is InChI=1S/C22H27N2O4S/c1-3-29(25,26)24(13-7-9-19(15-23)17-24)16-18-8-6-10-20(14-18)28-22-12-5-4-11-21(22)27-2/h4-12,14,17H,3,13,15-16,23H2,1-2H3/q+1. The summed E-state index contributed by atoms with van der Waals surface area (Å²) < 4.78 is 37.2. The van der Waals surface area contributed by atoms with Crippen molar-refractivity contribution < 1.29 is 21.8 Å². The van der Waals surface area contributed by atoms with Crippen LogP contribution in [0.15, 0.2) is 72.5 Å². The number of quaternary nitrogens is 1. The van der Waals surface area contributed by atoms with Gasteiger partial charge in [-0.3, -0.25) is 0 Å². The molecule has 7 heteroatoms. The lowest BCUT2D eigenvalue weighted by atomic mass is 10.1. The highest BCUT2D eigenvalue weighted by atomic mass is 32.2. The van der Waals surface area contributed by atoms with Gasteiger partial charge in [-0.15, -0.1) is 0 Å². The maximum absolute atomic E-state index is 13.0. The second-order valence-corrected chi connectivity index (χ2v) is 9.34. The van der Waals surface area contributed by atoms with Crippen LogP contribution in [0, 0.1) is 0 Å². The van der Waals surface area contributed by atoms with E-state index in [1.54, 1.807) is 20.2 Å². The third-order valence-corrected chi connectivity index (χ3v) is 7.17. The number of nitrogens with zero attached hydrogens (tertiary/aromatic N) is 1. The zero-order valence-corrected chi connectivity index (χ0v) is 17.6. The van der Waals surface area contributed by atoms with Crippen LogP contribution in [-0.2, 0) is 16.6 Å². The van der Waals surface area contributed by atoms with Gasteiger partial charge in [0.2, 0.25) is 0 Å². The molecule has 0 amide bonds. The van der Waals surface area contributed by atoms with Gasteiger partial charge in [-0.25, -0.2) is 0 Å². The van der Waals surface area contributed by atoms with Gasteiger partial charge in [-0.2, -0.15) is 12.3 Å². The summed E-state index contributed by atoms with van der Waals surface area (Å²) >= 11 is 0. The SMILES string of the molecule is CCS(=O)(=O)[N+]1(Cc2cccc(Oc3ccccc3OC)c2)C=C(CN)C=CC1. The molecule has 154 valence electrons. The van der Waals surface area contributed by atoms with Gasteiger partial charge in [0.1, 0.15) is 25.0 Å². The Hall–Kier alpha value is -2.61. The van der Waals surface area contributed by atoms with Crippen LogP contribution < -0.4 is 15.2 Å². The van der Waals surface area contributed by atoms with Crippen molar-refractivity contribution >= 4 is 10.0 Å². The van der Waals surface area contributed by atoms with E-state index in [1.807, 2.05) is 60.7 Å². The summed E-state index contributed by atoms with van der Waals surface area (Å²) in [7, 11) is -1.82. The molecule has 2 aromatic rings. The lowest BCUT2D eigenvalue weighted by Gasteiger charge is -2.34. The Balaban J connectivity index is 1.93. The van der Waals surface area contributed by atoms with Gasteiger partial charge < -0.3 is 15.2 Å². The molecule has 2 N–H and O–H groups in total. The molecular formula is C22H27N2O4S+. The van der Waals surface area contributed by atoms with Crippen LogP contribution in [0.1, 0.15) is 12.5 Å². The normalized spacial score (nSPS) is 18.9. The Bertz CT molecular complexity index is 1030. The van der Waals surface area contributed by atoms with Crippen molar-refractivity contribution in [1.82, 2.24) is 0 Å². The summed E-state index contributed by atoms with van der Waals surface area (Å²) in [5.41, 5.74) is 7.46. The molecule has 1 atom stereocenters. The van der Waals surface area contributed by atoms with Crippen LogP contribution >= 0.6 is 0 Å². The number of hydrogen-bond donors (Lipinski definition) is 1. The van der Waals surface area contributed by atoms with Crippen LogP contribution in [0.25, 0.3) is 0 Å². The third kappa shape index (κ3) is 4.53. The molecular weight excluding hydrogens is 388 g/mol. The Morgan fingerprint density at radius 2 is 1.86 bits per heavy atom. The van der Waals surface area contributed by atoms with Crippen molar-refractivity contribution in [2.45, 2.75) is 13.5 Å². The van der Waals surface area contributed by atoms with Gasteiger partial charge in [0.05, 0.1) is 12.9 Å². The summed E-state index contributed by atoms with van der Waals surface area (Å²) in [4.78, 5) is 0. The Morgan fingerprint density at radius 1 is 1.10 bits per heavy atom. The topological polar surface area (TPSA) is 78.6 Å². The maximum Gasteiger partial charge on any atom is 0.301 e. The first-order valence-corrected chi connectivity index (χ1v) is 11.1. The number of hydrogen-bond acceptors (Lipinski definition) is 5. The van der Waals surface area contributed by atoms with E-state index in [2.05, 4.69) is 0 Å². The van der Waals surface area contributed by atoms with E-state index in [0.717, 1.165) is 11.1 Å². The van der Waals surface area contributed by atoms with E-state index in [1.165, 1.54) is 0 Å². The predicted molar refractivity (Wildman–Crippen MR) is 114 cm³/mol. The van der Waals surface area contributed by atoms with E-state index >= 15 is 0 Å².